The molecule has 0 amide bonds. The summed E-state index contributed by atoms with van der Waals surface area (Å²) in [4.78, 5) is 9.19. The van der Waals surface area contributed by atoms with E-state index in [0.29, 0.717) is 23.7 Å². The lowest BCUT2D eigenvalue weighted by Crippen LogP contribution is -2.10. The van der Waals surface area contributed by atoms with E-state index in [2.05, 4.69) is 463 Å². The number of nitrogens with zero attached hydrogens (tertiary/aromatic N) is 4. The molecule has 0 bridgehead atoms. The van der Waals surface area contributed by atoms with Crippen LogP contribution in [-0.2, 0) is 0 Å². The maximum absolute atomic E-state index is 2.31. The van der Waals surface area contributed by atoms with Crippen molar-refractivity contribution >= 4 is 68.2 Å². The van der Waals surface area contributed by atoms with Gasteiger partial charge in [0, 0.05) is 68.2 Å². The fourth-order valence-electron chi connectivity index (χ4n) is 12.9. The van der Waals surface area contributed by atoms with Crippen LogP contribution in [0, 0.1) is 0 Å². The molecule has 14 rings (SSSR count). The Morgan fingerprint density at radius 2 is 0.356 bits per heavy atom. The number of rotatable bonds is 22. The lowest BCUT2D eigenvalue weighted by Gasteiger charge is -2.26. The average molecular weight is 1360 g/mol. The van der Waals surface area contributed by atoms with Gasteiger partial charge in [-0.3, -0.25) is 0 Å². The number of anilines is 12. The first-order valence-electron chi connectivity index (χ1n) is 37.3. The highest BCUT2D eigenvalue weighted by Crippen LogP contribution is 2.41. The van der Waals surface area contributed by atoms with Gasteiger partial charge >= 0.3 is 0 Å². The molecule has 4 nitrogen and oxygen atoms in total. The van der Waals surface area contributed by atoms with Gasteiger partial charge in [-0.1, -0.05) is 298 Å². The van der Waals surface area contributed by atoms with Gasteiger partial charge in [-0.15, -0.1) is 0 Å². The normalized spacial score (nSPS) is 11.8. The monoisotopic (exact) mass is 1360 g/mol. The largest absolute Gasteiger partial charge is 0.311 e. The van der Waals surface area contributed by atoms with Crippen molar-refractivity contribution in [3.63, 3.8) is 0 Å². The summed E-state index contributed by atoms with van der Waals surface area (Å²) in [6.07, 6.45) is 4.65. The second-order valence-electron chi connectivity index (χ2n) is 26.8. The molecule has 520 valence electrons. The predicted molar refractivity (Wildman–Crippen MR) is 450 cm³/mol. The van der Waals surface area contributed by atoms with E-state index < -0.39 is 0 Å². The summed E-state index contributed by atoms with van der Waals surface area (Å²) < 4.78 is 0. The van der Waals surface area contributed by atoms with Crippen molar-refractivity contribution in [2.45, 2.75) is 105 Å². The summed E-state index contributed by atoms with van der Waals surface area (Å²) in [6, 6.07) is 138. The summed E-state index contributed by atoms with van der Waals surface area (Å²) in [5.41, 5.74) is 24.6. The number of hydrogen-bond acceptors (Lipinski definition) is 4. The van der Waals surface area contributed by atoms with Crippen molar-refractivity contribution < 1.29 is 0 Å². The molecule has 0 radical (unpaired) electrons. The van der Waals surface area contributed by atoms with Crippen LogP contribution in [0.25, 0.3) is 22.3 Å². The molecule has 4 atom stereocenters. The highest BCUT2D eigenvalue weighted by Gasteiger charge is 2.18. The van der Waals surface area contributed by atoms with Gasteiger partial charge in [0.15, 0.2) is 0 Å². The molecule has 14 aromatic carbocycles. The lowest BCUT2D eigenvalue weighted by atomic mass is 9.96. The first-order valence-corrected chi connectivity index (χ1v) is 37.3. The van der Waals surface area contributed by atoms with E-state index in [1.807, 2.05) is 0 Å². The van der Waals surface area contributed by atoms with Gasteiger partial charge in [-0.2, -0.15) is 0 Å². The van der Waals surface area contributed by atoms with Gasteiger partial charge in [0.05, 0.1) is 0 Å². The Kier molecular flexibility index (Phi) is 26.7. The van der Waals surface area contributed by atoms with E-state index in [1.54, 1.807) is 0 Å². The summed E-state index contributed by atoms with van der Waals surface area (Å²) in [6.45, 7) is 18.1. The Labute approximate surface area is 621 Å². The molecule has 0 heterocycles. The quantitative estimate of drug-likeness (QED) is 0.0670. The molecule has 4 heteroatoms. The zero-order valence-electron chi connectivity index (χ0n) is 61.9. The molecule has 0 fully saturated rings. The Morgan fingerprint density at radius 1 is 0.163 bits per heavy atom. The first kappa shape index (κ1) is 73.5. The van der Waals surface area contributed by atoms with Gasteiger partial charge in [-0.25, -0.2) is 0 Å². The number of para-hydroxylation sites is 8. The molecule has 14 aromatic rings. The molecular weight excluding hydrogens is 1260 g/mol. The summed E-state index contributed by atoms with van der Waals surface area (Å²) in [5, 5.41) is 0. The highest BCUT2D eigenvalue weighted by atomic mass is 15.2. The molecule has 104 heavy (non-hydrogen) atoms. The van der Waals surface area contributed by atoms with E-state index in [9.17, 15) is 0 Å². The molecule has 0 N–H and O–H groups in total. The summed E-state index contributed by atoms with van der Waals surface area (Å²) in [7, 11) is 0. The Morgan fingerprint density at radius 3 is 0.635 bits per heavy atom. The molecular formula is C100H100N4. The third kappa shape index (κ3) is 19.5. The second kappa shape index (κ2) is 37.8. The van der Waals surface area contributed by atoms with Gasteiger partial charge in [0.1, 0.15) is 0 Å². The molecule has 0 spiro atoms. The third-order valence-corrected chi connectivity index (χ3v) is 19.8. The van der Waals surface area contributed by atoms with Crippen LogP contribution in [-0.4, -0.2) is 0 Å². The van der Waals surface area contributed by atoms with Crippen LogP contribution in [0.2, 0.25) is 0 Å². The Balaban J connectivity index is 0.000000140. The van der Waals surface area contributed by atoms with E-state index in [0.717, 1.165) is 47.0 Å². The van der Waals surface area contributed by atoms with Crippen LogP contribution in [0.4, 0.5) is 68.2 Å². The number of benzene rings is 14. The van der Waals surface area contributed by atoms with Gasteiger partial charge in [0.25, 0.3) is 0 Å². The summed E-state index contributed by atoms with van der Waals surface area (Å²) >= 11 is 0. The van der Waals surface area contributed by atoms with Crippen LogP contribution in [0.1, 0.15) is 127 Å². The van der Waals surface area contributed by atoms with Crippen molar-refractivity contribution in [1.82, 2.24) is 0 Å². The van der Waals surface area contributed by atoms with Crippen molar-refractivity contribution in [3.8, 4) is 22.3 Å². The minimum absolute atomic E-state index is 0.573. The summed E-state index contributed by atoms with van der Waals surface area (Å²) in [5.74, 6) is 2.38. The SMILES string of the molecule is CCC(C)c1ccc(-c2ccc(N(c3ccccc3)c3ccccc3)cc2)cc1.CCC(C)c1ccc(-c2cccc(N(c3ccccc3)c3ccccc3)c2)cc1.CCC(C)c1ccc(N(c2ccccc2)c2ccccc2)cc1.CCC(C)c1cccc(N(c2ccccc2)c2ccccc2)c1. The van der Waals surface area contributed by atoms with Gasteiger partial charge in [0.2, 0.25) is 0 Å². The average Bonchev–Trinajstić information content (AvgIpc) is 0.826. The minimum atomic E-state index is 0.573. The molecule has 4 unspecified atom stereocenters. The topological polar surface area (TPSA) is 13.0 Å². The molecule has 0 saturated heterocycles. The van der Waals surface area contributed by atoms with E-state index in [4.69, 9.17) is 0 Å². The highest BCUT2D eigenvalue weighted by molar-refractivity contribution is 5.82. The number of hydrogen-bond donors (Lipinski definition) is 0. The fourth-order valence-corrected chi connectivity index (χ4v) is 12.9. The van der Waals surface area contributed by atoms with E-state index in [-0.39, 0.29) is 0 Å². The van der Waals surface area contributed by atoms with Crippen molar-refractivity contribution in [1.29, 1.82) is 0 Å². The van der Waals surface area contributed by atoms with Crippen molar-refractivity contribution in [2.24, 2.45) is 0 Å². The Bertz CT molecular complexity index is 4570. The molecule has 0 saturated carbocycles. The standard InChI is InChI=1S/2C28H27N.2C22H23N/c1-3-22(2)23-17-19-24(20-18-23)25-11-10-16-28(21-25)29(26-12-6-4-7-13-26)27-14-8-5-9-15-27;1-3-22(2)23-14-16-24(17-15-23)25-18-20-28(21-19-25)29(26-10-6-4-7-11-26)27-12-8-5-9-13-27;1-3-18(2)19-11-10-16-22(17-19)23(20-12-6-4-7-13-20)21-14-8-5-9-15-21;1-3-18(2)19-14-16-22(17-15-19)23(20-10-6-4-7-11-20)21-12-8-5-9-13-21/h2*4-22H,3H2,1-2H3;2*4-18H,3H2,1-2H3. The maximum atomic E-state index is 2.31. The molecule has 0 aliphatic carbocycles. The van der Waals surface area contributed by atoms with E-state index in [1.165, 1.54) is 91.5 Å². The van der Waals surface area contributed by atoms with Crippen LogP contribution < -0.4 is 19.6 Å². The fraction of sp³-hybridized carbons (Fsp3) is 0.160. The van der Waals surface area contributed by atoms with Gasteiger partial charge in [-0.05, 0) is 239 Å². The second-order valence-corrected chi connectivity index (χ2v) is 26.8. The van der Waals surface area contributed by atoms with Crippen LogP contribution in [0.3, 0.4) is 0 Å². The first-order chi connectivity index (χ1) is 51.1. The zero-order valence-corrected chi connectivity index (χ0v) is 61.9. The molecule has 0 aliphatic rings. The van der Waals surface area contributed by atoms with Crippen LogP contribution in [0.15, 0.2) is 388 Å². The predicted octanol–water partition coefficient (Wildman–Crippen LogP) is 30.0. The third-order valence-electron chi connectivity index (χ3n) is 19.8. The maximum Gasteiger partial charge on any atom is 0.0467 e. The van der Waals surface area contributed by atoms with Crippen LogP contribution in [0.5, 0.6) is 0 Å². The lowest BCUT2D eigenvalue weighted by molar-refractivity contribution is 0.733. The molecule has 0 aliphatic heterocycles. The van der Waals surface area contributed by atoms with Crippen molar-refractivity contribution in [2.75, 3.05) is 19.6 Å². The molecule has 0 aromatic heterocycles. The van der Waals surface area contributed by atoms with E-state index >= 15 is 0 Å². The Hall–Kier alpha value is -11.7. The minimum Gasteiger partial charge on any atom is -0.311 e. The van der Waals surface area contributed by atoms with Crippen LogP contribution >= 0.6 is 0 Å². The smallest absolute Gasteiger partial charge is 0.0467 e. The zero-order chi connectivity index (χ0) is 72.2. The van der Waals surface area contributed by atoms with Crippen molar-refractivity contribution in [3.05, 3.63) is 411 Å². The van der Waals surface area contributed by atoms with Gasteiger partial charge < -0.3 is 19.6 Å².